The zero-order valence-electron chi connectivity index (χ0n) is 42.2. The topological polar surface area (TPSA) is 114 Å². The van der Waals surface area contributed by atoms with Crippen LogP contribution in [-0.4, -0.2) is 60.8 Å². The number of fused-ring (bicyclic) bond motifs is 5. The minimum atomic E-state index is -0.198. The van der Waals surface area contributed by atoms with Gasteiger partial charge in [0.15, 0.2) is 11.6 Å². The number of pyridine rings is 2. The molecule has 5 heterocycles. The molecule has 0 spiro atoms. The number of hydrogen-bond acceptors (Lipinski definition) is 7. The normalized spacial score (nSPS) is 11.4. The number of aromatic nitrogens is 2. The van der Waals surface area contributed by atoms with Crippen LogP contribution in [0, 0.1) is 38.7 Å². The summed E-state index contributed by atoms with van der Waals surface area (Å²) in [5.41, 5.74) is 13.3. The number of halogens is 1. The van der Waals surface area contributed by atoms with E-state index in [0.717, 1.165) is 55.6 Å². The van der Waals surface area contributed by atoms with Crippen molar-refractivity contribution >= 4 is 81.8 Å². The predicted octanol–water partition coefficient (Wildman–Crippen LogP) is 15.2. The average Bonchev–Trinajstić information content (AvgIpc) is 4.03. The maximum atomic E-state index is 13.2. The van der Waals surface area contributed by atoms with Crippen molar-refractivity contribution in [2.24, 2.45) is 0 Å². The van der Waals surface area contributed by atoms with Gasteiger partial charge in [-0.25, -0.2) is 0 Å². The number of furan rings is 1. The van der Waals surface area contributed by atoms with Crippen molar-refractivity contribution in [1.82, 2.24) is 9.97 Å². The predicted molar refractivity (Wildman–Crippen MR) is 291 cm³/mol. The van der Waals surface area contributed by atoms with Crippen molar-refractivity contribution in [1.29, 1.82) is 0 Å². The van der Waals surface area contributed by atoms with Gasteiger partial charge in [-0.05, 0) is 27.7 Å². The maximum Gasteiger partial charge on any atom is 0 e. The Kier molecular flexibility index (Phi) is 20.4. The number of para-hydroxylation sites is 1. The Hall–Kier alpha value is -5.63. The van der Waals surface area contributed by atoms with E-state index < -0.39 is 0 Å². The van der Waals surface area contributed by atoms with Crippen molar-refractivity contribution in [2.75, 3.05) is 0 Å². The first kappa shape index (κ1) is 58.3. The molecular formula is C61H55FIr2N2O5Se2-2. The third-order valence-corrected chi connectivity index (χ3v) is 16.0. The fraction of sp³-hybridized carbons (Fsp3) is 0.180. The van der Waals surface area contributed by atoms with Crippen molar-refractivity contribution in [3.05, 3.63) is 192 Å². The van der Waals surface area contributed by atoms with Crippen LogP contribution in [0.5, 0.6) is 0 Å². The molecule has 12 heteroatoms. The van der Waals surface area contributed by atoms with E-state index in [-0.39, 0.29) is 104 Å². The van der Waals surface area contributed by atoms with Crippen LogP contribution in [-0.2, 0) is 55.2 Å². The third-order valence-electron chi connectivity index (χ3n) is 11.2. The molecule has 73 heavy (non-hydrogen) atoms. The Morgan fingerprint density at radius 1 is 0.671 bits per heavy atom. The molecule has 0 saturated heterocycles. The Morgan fingerprint density at radius 2 is 1.23 bits per heavy atom. The van der Waals surface area contributed by atoms with Crippen LogP contribution in [0.15, 0.2) is 156 Å². The van der Waals surface area contributed by atoms with Gasteiger partial charge in [-0.15, -0.1) is 0 Å². The van der Waals surface area contributed by atoms with Gasteiger partial charge in [-0.2, -0.15) is 0 Å². The molecule has 0 aliphatic rings. The summed E-state index contributed by atoms with van der Waals surface area (Å²) in [5.74, 6) is -0.323. The molecule has 0 atom stereocenters. The van der Waals surface area contributed by atoms with Crippen molar-refractivity contribution in [2.45, 2.75) is 74.7 Å². The Morgan fingerprint density at radius 3 is 1.81 bits per heavy atom. The maximum absolute atomic E-state index is 13.2. The number of aliphatic hydroxyl groups is 2. The molecule has 5 aromatic carbocycles. The van der Waals surface area contributed by atoms with Gasteiger partial charge in [-0.1, -0.05) is 0 Å². The summed E-state index contributed by atoms with van der Waals surface area (Å²) in [7, 11) is 0. The summed E-state index contributed by atoms with van der Waals surface area (Å²) in [6.45, 7) is 18.9. The van der Waals surface area contributed by atoms with Crippen LogP contribution >= 0.6 is 0 Å². The minimum Gasteiger partial charge on any atom is 0 e. The van der Waals surface area contributed by atoms with E-state index in [2.05, 4.69) is 120 Å². The van der Waals surface area contributed by atoms with Crippen molar-refractivity contribution in [3.8, 4) is 42.5 Å². The summed E-state index contributed by atoms with van der Waals surface area (Å²) < 4.78 is 24.8. The molecule has 2 radical (unpaired) electrons. The van der Waals surface area contributed by atoms with Crippen LogP contribution in [0.2, 0.25) is 0 Å². The quantitative estimate of drug-likeness (QED) is 0.0738. The summed E-state index contributed by atoms with van der Waals surface area (Å²) in [6.07, 6.45) is 6.29. The number of aliphatic hydroxyl groups excluding tert-OH is 2. The van der Waals surface area contributed by atoms with Gasteiger partial charge in [0.25, 0.3) is 0 Å². The van der Waals surface area contributed by atoms with E-state index in [4.69, 9.17) is 24.6 Å². The van der Waals surface area contributed by atoms with E-state index in [0.29, 0.717) is 0 Å². The molecule has 5 aromatic heterocycles. The van der Waals surface area contributed by atoms with Crippen molar-refractivity contribution < 1.29 is 68.8 Å². The van der Waals surface area contributed by atoms with E-state index in [1.807, 2.05) is 48.8 Å². The number of allylic oxidation sites excluding steroid dienone is 4. The summed E-state index contributed by atoms with van der Waals surface area (Å²) in [6, 6.07) is 45.7. The molecule has 0 aliphatic heterocycles. The molecule has 0 fully saturated rings. The Labute approximate surface area is 465 Å². The summed E-state index contributed by atoms with van der Waals surface area (Å²) in [5, 5.41) is 21.4. The molecule has 378 valence electrons. The first-order valence-corrected chi connectivity index (χ1v) is 26.4. The number of hydrogen-bond donors (Lipinski definition) is 2. The second-order valence-corrected chi connectivity index (χ2v) is 23.0. The minimum absolute atomic E-state index is 0. The molecule has 0 aliphatic carbocycles. The fourth-order valence-corrected chi connectivity index (χ4v) is 12.9. The molecule has 0 unspecified atom stereocenters. The van der Waals surface area contributed by atoms with Crippen LogP contribution in [0.25, 0.3) is 83.7 Å². The second kappa shape index (κ2) is 25.5. The standard InChI is InChI=1S/C27H18NOSe.C24H21FNSe.2C5H8O2.2Ir/c1-16-7-5-8-17(2)26(16)25-13-18-15-28-22(14-24(18)30-25)21-11-6-10-20-19-9-3-4-12-23(19)29-27(20)21;1-15-9-17(11-19(10-15)24(2,3)4)21-13-23-18(14-26-21)12-22(27-23)16-5-7-20(25)8-6-16;2*1-4(6)3-5(2)7;;/h3-10,12-15H,1-2H3;5-8,10-14H,1-4H3;2*3,6H,1-2H3;;/q2*-1;;;;. The number of carbonyl (C=O) groups excluding carboxylic acids is 2. The van der Waals surface area contributed by atoms with Gasteiger partial charge >= 0.3 is 346 Å². The monoisotopic (exact) mass is 1460 g/mol. The number of benzene rings is 5. The second-order valence-electron chi connectivity index (χ2n) is 18.4. The van der Waals surface area contributed by atoms with E-state index >= 15 is 0 Å². The number of ketones is 2. The molecule has 2 N–H and O–H groups in total. The first-order valence-electron chi connectivity index (χ1n) is 23.0. The SMILES string of the molecule is CC(=O)C=C(C)O.CC(=O)C=C(C)O.Cc1[c-]c(-c2cc3[se]c(-c4ccc(F)cc4)cc3cn2)cc(C(C)(C)C)c1.Cc1cccc(C)c1-c1cc2cnc(-c3[c-]ccc4c3oc3ccccc34)cc2[se]1.[Ir].[Ir]. The molecule has 0 saturated carbocycles. The zero-order chi connectivity index (χ0) is 51.1. The van der Waals surface area contributed by atoms with Gasteiger partial charge in [0.1, 0.15) is 0 Å². The van der Waals surface area contributed by atoms with E-state index in [9.17, 15) is 14.0 Å². The largest absolute Gasteiger partial charge is 0 e. The molecular weight excluding hydrogens is 1400 g/mol. The van der Waals surface area contributed by atoms with Crippen molar-refractivity contribution in [3.63, 3.8) is 0 Å². The van der Waals surface area contributed by atoms with Gasteiger partial charge in [-0.3, -0.25) is 9.59 Å². The zero-order valence-corrected chi connectivity index (χ0v) is 50.4. The molecule has 10 aromatic rings. The molecule has 7 nitrogen and oxygen atoms in total. The average molecular weight is 1460 g/mol. The van der Waals surface area contributed by atoms with E-state index in [1.54, 1.807) is 0 Å². The number of nitrogens with zero attached hydrogens (tertiary/aromatic N) is 2. The molecule has 10 rings (SSSR count). The van der Waals surface area contributed by atoms with Crippen LogP contribution in [0.1, 0.15) is 70.7 Å². The van der Waals surface area contributed by atoms with Gasteiger partial charge in [0.2, 0.25) is 0 Å². The third kappa shape index (κ3) is 15.0. The summed E-state index contributed by atoms with van der Waals surface area (Å²) in [4.78, 5) is 29.5. The van der Waals surface area contributed by atoms with Gasteiger partial charge < -0.3 is 10.2 Å². The fourth-order valence-electron chi connectivity index (χ4n) is 7.99. The number of carbonyl (C=O) groups is 2. The van der Waals surface area contributed by atoms with E-state index in [1.165, 1.54) is 102 Å². The van der Waals surface area contributed by atoms with Crippen LogP contribution in [0.3, 0.4) is 0 Å². The summed E-state index contributed by atoms with van der Waals surface area (Å²) >= 11 is 0.452. The Balaban J connectivity index is 0.000000211. The molecule has 0 bridgehead atoms. The Bertz CT molecular complexity index is 3580. The smallest absolute Gasteiger partial charge is 0 e. The van der Waals surface area contributed by atoms with Crippen LogP contribution < -0.4 is 0 Å². The molecule has 0 amide bonds. The number of aryl methyl sites for hydroxylation is 3. The number of rotatable bonds is 6. The first-order chi connectivity index (χ1) is 33.7. The van der Waals surface area contributed by atoms with Gasteiger partial charge in [0, 0.05) is 52.4 Å². The van der Waals surface area contributed by atoms with Gasteiger partial charge in [0.05, 0.1) is 11.5 Å². The van der Waals surface area contributed by atoms with Crippen LogP contribution in [0.4, 0.5) is 4.39 Å².